The van der Waals surface area contributed by atoms with Gasteiger partial charge in [0, 0.05) is 25.6 Å². The van der Waals surface area contributed by atoms with E-state index in [-0.39, 0.29) is 41.2 Å². The third kappa shape index (κ3) is 4.38. The third-order valence-electron chi connectivity index (χ3n) is 4.49. The van der Waals surface area contributed by atoms with Gasteiger partial charge < -0.3 is 15.1 Å². The minimum atomic E-state index is -3.92. The van der Waals surface area contributed by atoms with E-state index in [4.69, 9.17) is 5.11 Å². The predicted octanol–water partition coefficient (Wildman–Crippen LogP) is 1.25. The van der Waals surface area contributed by atoms with Gasteiger partial charge in [-0.25, -0.2) is 13.2 Å². The van der Waals surface area contributed by atoms with E-state index < -0.39 is 22.0 Å². The molecule has 1 aromatic heterocycles. The standard InChI is InChI=1S/C15H22N2O6S2/c1-16(2)11-5-7-17(9-10(11)3-4-13(18)19)25(22,23)12-6-8-24-14(12)15(20)21/h6,8,10-11H,3-5,7,9H2,1-2H3,(H,18,19)(H,20,21)/t10-,11+/m1/s1. The highest BCUT2D eigenvalue weighted by Crippen LogP contribution is 2.31. The summed E-state index contributed by atoms with van der Waals surface area (Å²) in [5.74, 6) is -2.30. The quantitative estimate of drug-likeness (QED) is 0.720. The summed E-state index contributed by atoms with van der Waals surface area (Å²) in [6.07, 6.45) is 0.921. The van der Waals surface area contributed by atoms with Crippen LogP contribution >= 0.6 is 11.3 Å². The van der Waals surface area contributed by atoms with E-state index in [0.29, 0.717) is 12.8 Å². The van der Waals surface area contributed by atoms with Gasteiger partial charge in [-0.15, -0.1) is 11.3 Å². The number of thiophene rings is 1. The molecule has 2 atom stereocenters. The first-order valence-corrected chi connectivity index (χ1v) is 10.2. The summed E-state index contributed by atoms with van der Waals surface area (Å²) in [6, 6.07) is 1.40. The van der Waals surface area contributed by atoms with Gasteiger partial charge in [0.2, 0.25) is 10.0 Å². The maximum atomic E-state index is 12.9. The molecule has 2 N–H and O–H groups in total. The van der Waals surface area contributed by atoms with Crippen LogP contribution in [0.5, 0.6) is 0 Å². The fourth-order valence-electron chi connectivity index (χ4n) is 3.27. The van der Waals surface area contributed by atoms with Crippen LogP contribution < -0.4 is 0 Å². The van der Waals surface area contributed by atoms with Gasteiger partial charge >= 0.3 is 11.9 Å². The molecule has 140 valence electrons. The smallest absolute Gasteiger partial charge is 0.347 e. The molecule has 25 heavy (non-hydrogen) atoms. The molecule has 1 aromatic rings. The van der Waals surface area contributed by atoms with Gasteiger partial charge in [0.25, 0.3) is 0 Å². The van der Waals surface area contributed by atoms with E-state index in [1.807, 2.05) is 19.0 Å². The fraction of sp³-hybridized carbons (Fsp3) is 0.600. The number of carbonyl (C=O) groups is 2. The van der Waals surface area contributed by atoms with Crippen molar-refractivity contribution >= 4 is 33.3 Å². The number of hydrogen-bond donors (Lipinski definition) is 2. The summed E-state index contributed by atoms with van der Waals surface area (Å²) >= 11 is 0.878. The van der Waals surface area contributed by atoms with Gasteiger partial charge in [-0.1, -0.05) is 0 Å². The topological polar surface area (TPSA) is 115 Å². The molecule has 0 aromatic carbocycles. The van der Waals surface area contributed by atoms with Crippen LogP contribution in [0.2, 0.25) is 0 Å². The summed E-state index contributed by atoms with van der Waals surface area (Å²) in [4.78, 5) is 23.7. The lowest BCUT2D eigenvalue weighted by Crippen LogP contribution is -2.50. The molecule has 10 heteroatoms. The maximum absolute atomic E-state index is 12.9. The Balaban J connectivity index is 2.25. The van der Waals surface area contributed by atoms with Crippen molar-refractivity contribution in [2.75, 3.05) is 27.2 Å². The molecule has 0 bridgehead atoms. The Morgan fingerprint density at radius 3 is 2.60 bits per heavy atom. The molecule has 0 radical (unpaired) electrons. The zero-order valence-electron chi connectivity index (χ0n) is 14.1. The van der Waals surface area contributed by atoms with Crippen molar-refractivity contribution in [3.05, 3.63) is 16.3 Å². The molecule has 0 amide bonds. The Kier molecular flexibility index (Phi) is 6.20. The Hall–Kier alpha value is -1.49. The first-order valence-electron chi connectivity index (χ1n) is 7.83. The minimum absolute atomic E-state index is 0.0261. The molecule has 1 saturated heterocycles. The number of carboxylic acids is 2. The van der Waals surface area contributed by atoms with Crippen LogP contribution in [0.1, 0.15) is 28.9 Å². The largest absolute Gasteiger partial charge is 0.481 e. The summed E-state index contributed by atoms with van der Waals surface area (Å²) in [6.45, 7) is 0.469. The molecule has 2 rings (SSSR count). The van der Waals surface area contributed by atoms with Crippen LogP contribution in [-0.2, 0) is 14.8 Å². The first-order chi connectivity index (χ1) is 11.6. The van der Waals surface area contributed by atoms with Crippen LogP contribution in [0.4, 0.5) is 0 Å². The molecular formula is C15H22N2O6S2. The van der Waals surface area contributed by atoms with Crippen LogP contribution in [-0.4, -0.2) is 73.0 Å². The first kappa shape index (κ1) is 19.8. The summed E-state index contributed by atoms with van der Waals surface area (Å²) < 4.78 is 27.0. The second kappa shape index (κ2) is 7.81. The van der Waals surface area contributed by atoms with Crippen molar-refractivity contribution in [1.82, 2.24) is 9.21 Å². The van der Waals surface area contributed by atoms with Gasteiger partial charge in [0.05, 0.1) is 0 Å². The van der Waals surface area contributed by atoms with Crippen LogP contribution in [0.25, 0.3) is 0 Å². The van der Waals surface area contributed by atoms with Crippen molar-refractivity contribution in [3.8, 4) is 0 Å². The molecule has 1 fully saturated rings. The normalized spacial score (nSPS) is 22.2. The monoisotopic (exact) mass is 390 g/mol. The van der Waals surface area contributed by atoms with Crippen LogP contribution in [0.3, 0.4) is 0 Å². The van der Waals surface area contributed by atoms with Gasteiger partial charge in [-0.3, -0.25) is 4.79 Å². The lowest BCUT2D eigenvalue weighted by Gasteiger charge is -2.40. The van der Waals surface area contributed by atoms with Crippen molar-refractivity contribution in [3.63, 3.8) is 0 Å². The lowest BCUT2D eigenvalue weighted by molar-refractivity contribution is -0.137. The van der Waals surface area contributed by atoms with Crippen molar-refractivity contribution in [2.45, 2.75) is 30.2 Å². The molecule has 0 unspecified atom stereocenters. The van der Waals surface area contributed by atoms with Crippen molar-refractivity contribution in [2.24, 2.45) is 5.92 Å². The van der Waals surface area contributed by atoms with Gasteiger partial charge in [-0.05, 0) is 44.3 Å². The second-order valence-electron chi connectivity index (χ2n) is 6.29. The SMILES string of the molecule is CN(C)[C@H]1CCN(S(=O)(=O)c2ccsc2C(=O)O)C[C@H]1CCC(=O)O. The summed E-state index contributed by atoms with van der Waals surface area (Å²) in [5.41, 5.74) is 0. The van der Waals surface area contributed by atoms with Crippen molar-refractivity contribution < 1.29 is 28.2 Å². The van der Waals surface area contributed by atoms with E-state index >= 15 is 0 Å². The number of piperidine rings is 1. The lowest BCUT2D eigenvalue weighted by atomic mass is 9.88. The van der Waals surface area contributed by atoms with Gasteiger partial charge in [0.15, 0.2) is 0 Å². The summed E-state index contributed by atoms with van der Waals surface area (Å²) in [7, 11) is -0.132. The average molecular weight is 390 g/mol. The number of aromatic carboxylic acids is 1. The van der Waals surface area contributed by atoms with Crippen LogP contribution in [0.15, 0.2) is 16.3 Å². The fourth-order valence-corrected chi connectivity index (χ4v) is 6.02. The number of rotatable bonds is 7. The Morgan fingerprint density at radius 1 is 1.36 bits per heavy atom. The molecule has 1 aliphatic heterocycles. The Morgan fingerprint density at radius 2 is 2.04 bits per heavy atom. The maximum Gasteiger partial charge on any atom is 0.347 e. The molecule has 0 aliphatic carbocycles. The Labute approximate surface area is 150 Å². The number of hydrogen-bond acceptors (Lipinski definition) is 6. The average Bonchev–Trinajstić information content (AvgIpc) is 3.03. The predicted molar refractivity (Wildman–Crippen MR) is 92.5 cm³/mol. The van der Waals surface area contributed by atoms with E-state index in [0.717, 1.165) is 11.3 Å². The Bertz CT molecular complexity index is 743. The van der Waals surface area contributed by atoms with Crippen LogP contribution in [0, 0.1) is 5.92 Å². The second-order valence-corrected chi connectivity index (χ2v) is 9.12. The van der Waals surface area contributed by atoms with Crippen molar-refractivity contribution in [1.29, 1.82) is 0 Å². The highest BCUT2D eigenvalue weighted by atomic mass is 32.2. The number of aliphatic carboxylic acids is 1. The number of sulfonamides is 1. The van der Waals surface area contributed by atoms with Gasteiger partial charge in [-0.2, -0.15) is 4.31 Å². The van der Waals surface area contributed by atoms with E-state index in [1.54, 1.807) is 0 Å². The summed E-state index contributed by atoms with van der Waals surface area (Å²) in [5, 5.41) is 19.6. The molecule has 2 heterocycles. The van der Waals surface area contributed by atoms with E-state index in [9.17, 15) is 23.1 Å². The third-order valence-corrected chi connectivity index (χ3v) is 7.43. The molecular weight excluding hydrogens is 368 g/mol. The van der Waals surface area contributed by atoms with E-state index in [2.05, 4.69) is 0 Å². The minimum Gasteiger partial charge on any atom is -0.481 e. The molecule has 0 saturated carbocycles. The zero-order valence-corrected chi connectivity index (χ0v) is 15.7. The molecule has 8 nitrogen and oxygen atoms in total. The number of carboxylic acid groups (broad SMARTS) is 2. The molecule has 0 spiro atoms. The molecule has 1 aliphatic rings. The highest BCUT2D eigenvalue weighted by molar-refractivity contribution is 7.89. The highest BCUT2D eigenvalue weighted by Gasteiger charge is 2.38. The number of nitrogens with zero attached hydrogens (tertiary/aromatic N) is 2. The van der Waals surface area contributed by atoms with Gasteiger partial charge in [0.1, 0.15) is 9.77 Å². The zero-order chi connectivity index (χ0) is 18.8. The van der Waals surface area contributed by atoms with E-state index in [1.165, 1.54) is 15.8 Å².